The molecule has 1 N–H and O–H groups in total. The first kappa shape index (κ1) is 18.1. The fraction of sp³-hybridized carbons (Fsp3) is 0.533. The zero-order chi connectivity index (χ0) is 13.8. The second-order valence-electron chi connectivity index (χ2n) is 3.35. The highest BCUT2D eigenvalue weighted by molar-refractivity contribution is 5.97. The Morgan fingerprint density at radius 1 is 1.00 bits per heavy atom. The summed E-state index contributed by atoms with van der Waals surface area (Å²) in [5, 5.41) is 3.01. The Hall–Kier alpha value is -1.31. The van der Waals surface area contributed by atoms with Crippen LogP contribution in [0.5, 0.6) is 0 Å². The van der Waals surface area contributed by atoms with Crippen LogP contribution in [0.15, 0.2) is 24.3 Å². The Kier molecular flexibility index (Phi) is 11.9. The maximum atomic E-state index is 11.5. The number of benzene rings is 1. The van der Waals surface area contributed by atoms with Crippen LogP contribution in [0.1, 0.15) is 51.9 Å². The molecule has 1 aromatic carbocycles. The lowest BCUT2D eigenvalue weighted by Crippen LogP contribution is -2.07. The molecule has 0 atom stereocenters. The van der Waals surface area contributed by atoms with Gasteiger partial charge in [0.2, 0.25) is 0 Å². The van der Waals surface area contributed by atoms with Gasteiger partial charge in [-0.15, -0.1) is 0 Å². The molecule has 98 valence electrons. The summed E-state index contributed by atoms with van der Waals surface area (Å²) >= 11 is 0. The molecule has 0 aromatic heterocycles. The van der Waals surface area contributed by atoms with E-state index in [9.17, 15) is 4.79 Å². The average Bonchev–Trinajstić information content (AvgIpc) is 2.42. The third kappa shape index (κ3) is 6.77. The molecule has 0 saturated carbocycles. The average molecular weight is 237 g/mol. The quantitative estimate of drug-likeness (QED) is 0.777. The lowest BCUT2D eigenvalue weighted by Gasteiger charge is -2.05. The molecule has 0 unspecified atom stereocenters. The van der Waals surface area contributed by atoms with Gasteiger partial charge in [-0.05, 0) is 24.3 Å². The summed E-state index contributed by atoms with van der Waals surface area (Å²) < 4.78 is 0. The number of nitrogens with one attached hydrogen (secondary N) is 1. The van der Waals surface area contributed by atoms with Crippen LogP contribution in [0.25, 0.3) is 0 Å². The number of ketones is 1. The van der Waals surface area contributed by atoms with Crippen molar-refractivity contribution in [2.45, 2.75) is 41.5 Å². The van der Waals surface area contributed by atoms with Crippen molar-refractivity contribution in [3.63, 3.8) is 0 Å². The zero-order valence-electron chi connectivity index (χ0n) is 12.3. The first-order chi connectivity index (χ1) is 8.15. The molecule has 0 amide bonds. The summed E-state index contributed by atoms with van der Waals surface area (Å²) in [6, 6.07) is 7.54. The lowest BCUT2D eigenvalue weighted by molar-refractivity contribution is 0.0939. The van der Waals surface area contributed by atoms with E-state index in [2.05, 4.69) is 5.32 Å². The van der Waals surface area contributed by atoms with Crippen molar-refractivity contribution in [2.75, 3.05) is 12.4 Å². The molecule has 0 heterocycles. The molecule has 0 aliphatic rings. The summed E-state index contributed by atoms with van der Waals surface area (Å²) in [6.45, 7) is 11.8. The third-order valence-electron chi connectivity index (χ3n) is 1.98. The Morgan fingerprint density at radius 3 is 1.71 bits per heavy atom. The molecule has 2 nitrogen and oxygen atoms in total. The molecule has 1 aromatic rings. The largest absolute Gasteiger partial charge is 0.388 e. The number of Topliss-reactive ketones (excluding diaryl/α,β-unsaturated/α-hetero) is 1. The van der Waals surface area contributed by atoms with E-state index in [0.717, 1.165) is 11.3 Å². The smallest absolute Gasteiger partial charge is 0.165 e. The number of hydrogen-bond acceptors (Lipinski definition) is 2. The van der Waals surface area contributed by atoms with E-state index >= 15 is 0 Å². The molecule has 1 rings (SSSR count). The molecular formula is C15H27NO. The highest BCUT2D eigenvalue weighted by Crippen LogP contribution is 2.12. The fourth-order valence-corrected chi connectivity index (χ4v) is 1.13. The number of rotatable bonds is 3. The van der Waals surface area contributed by atoms with Crippen LogP contribution >= 0.6 is 0 Å². The van der Waals surface area contributed by atoms with Gasteiger partial charge in [-0.25, -0.2) is 0 Å². The Balaban J connectivity index is 0. The predicted molar refractivity (Wildman–Crippen MR) is 77.9 cm³/mol. The van der Waals surface area contributed by atoms with E-state index in [1.54, 1.807) is 0 Å². The van der Waals surface area contributed by atoms with Crippen LogP contribution in [-0.4, -0.2) is 12.8 Å². The number of hydrogen-bond donors (Lipinski definition) is 1. The standard InChI is InChI=1S/C11H15NO.2C2H6/c1-8(2)11(13)9-4-6-10(12-3)7-5-9;2*1-2/h4-8,12H,1-3H3;2*1-2H3. The first-order valence-corrected chi connectivity index (χ1v) is 6.47. The van der Waals surface area contributed by atoms with Crippen molar-refractivity contribution < 1.29 is 4.79 Å². The summed E-state index contributed by atoms with van der Waals surface area (Å²) in [4.78, 5) is 11.5. The molecule has 0 aliphatic heterocycles. The van der Waals surface area contributed by atoms with Gasteiger partial charge in [-0.3, -0.25) is 4.79 Å². The molecule has 17 heavy (non-hydrogen) atoms. The second kappa shape index (κ2) is 11.2. The normalized spacial score (nSPS) is 8.47. The minimum Gasteiger partial charge on any atom is -0.388 e. The van der Waals surface area contributed by atoms with E-state index in [0.29, 0.717) is 0 Å². The van der Waals surface area contributed by atoms with Crippen molar-refractivity contribution >= 4 is 11.5 Å². The molecule has 0 spiro atoms. The summed E-state index contributed by atoms with van der Waals surface area (Å²) in [6.07, 6.45) is 0. The summed E-state index contributed by atoms with van der Waals surface area (Å²) in [7, 11) is 1.86. The second-order valence-corrected chi connectivity index (χ2v) is 3.35. The van der Waals surface area contributed by atoms with Gasteiger partial charge < -0.3 is 5.32 Å². The highest BCUT2D eigenvalue weighted by Gasteiger charge is 2.09. The molecule has 2 heteroatoms. The highest BCUT2D eigenvalue weighted by atomic mass is 16.1. The number of anilines is 1. The van der Waals surface area contributed by atoms with E-state index in [1.165, 1.54) is 0 Å². The third-order valence-corrected chi connectivity index (χ3v) is 1.98. The van der Waals surface area contributed by atoms with Crippen LogP contribution in [0.3, 0.4) is 0 Å². The molecule has 0 radical (unpaired) electrons. The van der Waals surface area contributed by atoms with Gasteiger partial charge in [0.1, 0.15) is 0 Å². The summed E-state index contributed by atoms with van der Waals surface area (Å²) in [5.74, 6) is 0.267. The number of carbonyl (C=O) groups excluding carboxylic acids is 1. The SMILES string of the molecule is CC.CC.CNc1ccc(C(=O)C(C)C)cc1. The van der Waals surface area contributed by atoms with Crippen LogP contribution in [-0.2, 0) is 0 Å². The van der Waals surface area contributed by atoms with Crippen LogP contribution in [0.2, 0.25) is 0 Å². The predicted octanol–water partition coefficient (Wildman–Crippen LogP) is 4.62. The molecule has 0 aliphatic carbocycles. The topological polar surface area (TPSA) is 29.1 Å². The van der Waals surface area contributed by atoms with E-state index in [-0.39, 0.29) is 11.7 Å². The molecule has 0 fully saturated rings. The summed E-state index contributed by atoms with van der Waals surface area (Å²) in [5.41, 5.74) is 1.81. The van der Waals surface area contributed by atoms with Crippen molar-refractivity contribution in [1.82, 2.24) is 0 Å². The van der Waals surface area contributed by atoms with Gasteiger partial charge in [0.15, 0.2) is 5.78 Å². The van der Waals surface area contributed by atoms with Gasteiger partial charge in [0.05, 0.1) is 0 Å². The van der Waals surface area contributed by atoms with Crippen molar-refractivity contribution in [2.24, 2.45) is 5.92 Å². The van der Waals surface area contributed by atoms with E-state index in [1.807, 2.05) is 72.9 Å². The Morgan fingerprint density at radius 2 is 1.41 bits per heavy atom. The van der Waals surface area contributed by atoms with E-state index < -0.39 is 0 Å². The fourth-order valence-electron chi connectivity index (χ4n) is 1.13. The maximum absolute atomic E-state index is 11.5. The monoisotopic (exact) mass is 237 g/mol. The van der Waals surface area contributed by atoms with Gasteiger partial charge in [-0.2, -0.15) is 0 Å². The van der Waals surface area contributed by atoms with E-state index in [4.69, 9.17) is 0 Å². The zero-order valence-corrected chi connectivity index (χ0v) is 12.3. The minimum absolute atomic E-state index is 0.0698. The van der Waals surface area contributed by atoms with Crippen molar-refractivity contribution in [3.05, 3.63) is 29.8 Å². The van der Waals surface area contributed by atoms with Gasteiger partial charge in [0.25, 0.3) is 0 Å². The van der Waals surface area contributed by atoms with Gasteiger partial charge in [-0.1, -0.05) is 41.5 Å². The molecule has 0 saturated heterocycles. The maximum Gasteiger partial charge on any atom is 0.165 e. The van der Waals surface area contributed by atoms with Crippen LogP contribution < -0.4 is 5.32 Å². The van der Waals surface area contributed by atoms with Crippen LogP contribution in [0.4, 0.5) is 5.69 Å². The first-order valence-electron chi connectivity index (χ1n) is 6.47. The van der Waals surface area contributed by atoms with Gasteiger partial charge >= 0.3 is 0 Å². The van der Waals surface area contributed by atoms with Gasteiger partial charge in [0, 0.05) is 24.2 Å². The lowest BCUT2D eigenvalue weighted by atomic mass is 10.0. The van der Waals surface area contributed by atoms with Crippen molar-refractivity contribution in [1.29, 1.82) is 0 Å². The molecule has 0 bridgehead atoms. The van der Waals surface area contributed by atoms with Crippen LogP contribution in [0, 0.1) is 5.92 Å². The molecular weight excluding hydrogens is 210 g/mol. The Labute approximate surface area is 106 Å². The van der Waals surface area contributed by atoms with Crippen molar-refractivity contribution in [3.8, 4) is 0 Å². The Bertz CT molecular complexity index is 288. The minimum atomic E-state index is 0.0698. The number of carbonyl (C=O) groups is 1.